The Kier molecular flexibility index (Phi) is 9.01. The fourth-order valence-corrected chi connectivity index (χ4v) is 12.8. The van der Waals surface area contributed by atoms with Gasteiger partial charge in [0.25, 0.3) is 0 Å². The molecule has 4 bridgehead atoms. The molecule has 0 aliphatic heterocycles. The fraction of sp³-hybridized carbons (Fsp3) is 0.164. The predicted molar refractivity (Wildman–Crippen MR) is 265 cm³/mol. The topological polar surface area (TPSA) is 41.9 Å². The maximum absolute atomic E-state index is 5.29. The molecule has 0 amide bonds. The van der Waals surface area contributed by atoms with Crippen LogP contribution in [-0.2, 0) is 5.41 Å². The number of rotatable bonds is 8. The van der Waals surface area contributed by atoms with Crippen LogP contribution in [0.2, 0.25) is 0 Å². The Morgan fingerprint density at radius 3 is 1.40 bits per heavy atom. The zero-order valence-electron chi connectivity index (χ0n) is 36.3. The molecule has 0 N–H and O–H groups in total. The van der Waals surface area contributed by atoms with Gasteiger partial charge < -0.3 is 4.90 Å². The first-order valence-electron chi connectivity index (χ1n) is 23.4. The minimum absolute atomic E-state index is 0.0671. The number of fused-ring (bicyclic) bond motifs is 3. The van der Waals surface area contributed by atoms with E-state index in [0.717, 1.165) is 62.3 Å². The Labute approximate surface area is 381 Å². The second-order valence-electron chi connectivity index (χ2n) is 18.8. The molecule has 4 heteroatoms. The van der Waals surface area contributed by atoms with Crippen LogP contribution in [0.1, 0.15) is 43.2 Å². The summed E-state index contributed by atoms with van der Waals surface area (Å²) in [6.07, 6.45) is 6.86. The summed E-state index contributed by atoms with van der Waals surface area (Å²) in [5, 5.41) is 0. The highest BCUT2D eigenvalue weighted by atomic mass is 15.1. The first-order chi connectivity index (χ1) is 32.2. The number of nitrogens with zero attached hydrogens (tertiary/aromatic N) is 4. The van der Waals surface area contributed by atoms with E-state index in [1.165, 1.54) is 48.8 Å². The lowest BCUT2D eigenvalue weighted by Gasteiger charge is -2.61. The van der Waals surface area contributed by atoms with Gasteiger partial charge in [-0.3, -0.25) is 0 Å². The van der Waals surface area contributed by atoms with E-state index < -0.39 is 0 Å². The van der Waals surface area contributed by atoms with E-state index >= 15 is 0 Å². The molecular formula is C61H48N4. The summed E-state index contributed by atoms with van der Waals surface area (Å²) in [6, 6.07) is 74.6. The molecule has 8 aromatic carbocycles. The van der Waals surface area contributed by atoms with Crippen LogP contribution >= 0.6 is 0 Å². The molecule has 0 atom stereocenters. The standard InChI is InChI=1S/C61H48N4/c1-5-17-42(18-6-1)58-62-59(43-19-7-2-8-20-43)64-60(63-58)47-37-45(36-46(38-47)52-25-14-16-28-57(52)65(50-21-9-3-10-22-50)51-23-11-4-12-24-51)44-29-30-54-53-26-13-15-27-55(53)61(56(54)39-44)48-32-40-31-41(34-48)35-49(61)33-40/h1-30,36-41,48-49H,31-35H2. The van der Waals surface area contributed by atoms with Gasteiger partial charge in [-0.05, 0) is 149 Å². The van der Waals surface area contributed by atoms with E-state index in [2.05, 4.69) is 175 Å². The molecule has 5 aliphatic rings. The van der Waals surface area contributed by atoms with Gasteiger partial charge in [0.15, 0.2) is 17.5 Å². The quantitative estimate of drug-likeness (QED) is 0.153. The van der Waals surface area contributed by atoms with Gasteiger partial charge in [0, 0.05) is 39.0 Å². The van der Waals surface area contributed by atoms with Crippen molar-refractivity contribution in [2.75, 3.05) is 4.90 Å². The highest BCUT2D eigenvalue weighted by Gasteiger charge is 2.61. The second-order valence-corrected chi connectivity index (χ2v) is 18.8. The van der Waals surface area contributed by atoms with Crippen LogP contribution in [0.15, 0.2) is 206 Å². The van der Waals surface area contributed by atoms with Crippen molar-refractivity contribution in [2.45, 2.75) is 37.5 Å². The van der Waals surface area contributed by atoms with Crippen molar-refractivity contribution >= 4 is 17.1 Å². The minimum atomic E-state index is 0.0671. The fourth-order valence-electron chi connectivity index (χ4n) is 12.8. The largest absolute Gasteiger partial charge is 0.310 e. The summed E-state index contributed by atoms with van der Waals surface area (Å²) in [5.74, 6) is 5.09. The van der Waals surface area contributed by atoms with Crippen molar-refractivity contribution < 1.29 is 0 Å². The highest BCUT2D eigenvalue weighted by Crippen LogP contribution is 2.69. The first kappa shape index (κ1) is 38.1. The van der Waals surface area contributed by atoms with Gasteiger partial charge in [-0.25, -0.2) is 15.0 Å². The van der Waals surface area contributed by atoms with Crippen LogP contribution in [0.5, 0.6) is 0 Å². The molecule has 5 aliphatic carbocycles. The lowest BCUT2D eigenvalue weighted by atomic mass is 9.43. The van der Waals surface area contributed by atoms with E-state index in [9.17, 15) is 0 Å². The summed E-state index contributed by atoms with van der Waals surface area (Å²) >= 11 is 0. The van der Waals surface area contributed by atoms with Crippen LogP contribution < -0.4 is 4.90 Å². The molecule has 9 aromatic rings. The Balaban J connectivity index is 1.04. The van der Waals surface area contributed by atoms with Crippen LogP contribution in [0.25, 0.3) is 67.5 Å². The molecule has 0 saturated heterocycles. The SMILES string of the molecule is c1ccc(-c2nc(-c3ccccc3)nc(-c3cc(-c4ccc5c(c4)C4(c6ccccc6-5)C5CC6CC(C5)CC4C6)cc(-c4ccccc4N(c4ccccc4)c4ccccc4)c3)n2)cc1. The molecule has 0 unspecified atom stereocenters. The van der Waals surface area contributed by atoms with Gasteiger partial charge in [-0.15, -0.1) is 0 Å². The van der Waals surface area contributed by atoms with Gasteiger partial charge in [-0.1, -0.05) is 152 Å². The maximum Gasteiger partial charge on any atom is 0.164 e. The van der Waals surface area contributed by atoms with Gasteiger partial charge in [0.05, 0.1) is 5.69 Å². The van der Waals surface area contributed by atoms with Crippen molar-refractivity contribution in [3.63, 3.8) is 0 Å². The summed E-state index contributed by atoms with van der Waals surface area (Å²) in [4.78, 5) is 18.0. The number of aromatic nitrogens is 3. The minimum Gasteiger partial charge on any atom is -0.310 e. The Hall–Kier alpha value is -7.43. The van der Waals surface area contributed by atoms with Crippen molar-refractivity contribution in [3.05, 3.63) is 217 Å². The van der Waals surface area contributed by atoms with Crippen molar-refractivity contribution in [2.24, 2.45) is 23.7 Å². The van der Waals surface area contributed by atoms with Crippen LogP contribution in [0.3, 0.4) is 0 Å². The van der Waals surface area contributed by atoms with Crippen molar-refractivity contribution in [3.8, 4) is 67.5 Å². The second kappa shape index (κ2) is 15.4. The lowest BCUT2D eigenvalue weighted by molar-refractivity contribution is -0.0399. The molecule has 0 radical (unpaired) electrons. The smallest absolute Gasteiger partial charge is 0.164 e. The summed E-state index contributed by atoms with van der Waals surface area (Å²) in [6.45, 7) is 0. The average Bonchev–Trinajstić information content (AvgIpc) is 3.66. The normalized spacial score (nSPS) is 21.0. The Morgan fingerprint density at radius 2 is 0.800 bits per heavy atom. The van der Waals surface area contributed by atoms with Crippen LogP contribution in [0, 0.1) is 23.7 Å². The van der Waals surface area contributed by atoms with Crippen LogP contribution in [0.4, 0.5) is 17.1 Å². The molecule has 65 heavy (non-hydrogen) atoms. The molecule has 1 spiro atoms. The highest BCUT2D eigenvalue weighted by molar-refractivity contribution is 5.92. The average molecular weight is 837 g/mol. The molecule has 1 heterocycles. The maximum atomic E-state index is 5.29. The lowest BCUT2D eigenvalue weighted by Crippen LogP contribution is -2.55. The third kappa shape index (κ3) is 6.30. The Morgan fingerprint density at radius 1 is 0.338 bits per heavy atom. The number of para-hydroxylation sites is 3. The number of hydrogen-bond acceptors (Lipinski definition) is 4. The van der Waals surface area contributed by atoms with Gasteiger partial charge >= 0.3 is 0 Å². The van der Waals surface area contributed by atoms with E-state index in [1.807, 2.05) is 36.4 Å². The van der Waals surface area contributed by atoms with Crippen molar-refractivity contribution in [1.82, 2.24) is 15.0 Å². The summed E-state index contributed by atoms with van der Waals surface area (Å²) < 4.78 is 0. The van der Waals surface area contributed by atoms with E-state index in [1.54, 1.807) is 11.1 Å². The van der Waals surface area contributed by atoms with Gasteiger partial charge in [0.2, 0.25) is 0 Å². The predicted octanol–water partition coefficient (Wildman–Crippen LogP) is 15.4. The molecule has 14 rings (SSSR count). The monoisotopic (exact) mass is 836 g/mol. The summed E-state index contributed by atoms with van der Waals surface area (Å²) in [7, 11) is 0. The number of hydrogen-bond donors (Lipinski definition) is 0. The third-order valence-electron chi connectivity index (χ3n) is 15.3. The molecule has 4 fully saturated rings. The Bertz CT molecular complexity index is 3090. The van der Waals surface area contributed by atoms with Crippen molar-refractivity contribution in [1.29, 1.82) is 0 Å². The summed E-state index contributed by atoms with van der Waals surface area (Å²) in [5.41, 5.74) is 16.8. The molecular weight excluding hydrogens is 789 g/mol. The number of anilines is 3. The first-order valence-corrected chi connectivity index (χ1v) is 23.4. The van der Waals surface area contributed by atoms with Crippen LogP contribution in [-0.4, -0.2) is 15.0 Å². The van der Waals surface area contributed by atoms with E-state index in [4.69, 9.17) is 15.0 Å². The molecule has 312 valence electrons. The zero-order valence-corrected chi connectivity index (χ0v) is 36.3. The zero-order chi connectivity index (χ0) is 42.9. The molecule has 4 saturated carbocycles. The molecule has 4 nitrogen and oxygen atoms in total. The van der Waals surface area contributed by atoms with E-state index in [-0.39, 0.29) is 5.41 Å². The molecule has 1 aromatic heterocycles. The van der Waals surface area contributed by atoms with E-state index in [0.29, 0.717) is 29.3 Å². The van der Waals surface area contributed by atoms with Gasteiger partial charge in [-0.2, -0.15) is 0 Å². The third-order valence-corrected chi connectivity index (χ3v) is 15.3. The number of benzene rings is 8. The van der Waals surface area contributed by atoms with Gasteiger partial charge in [0.1, 0.15) is 0 Å².